The van der Waals surface area contributed by atoms with Crippen LogP contribution in [0.4, 0.5) is 0 Å². The third-order valence-electron chi connectivity index (χ3n) is 5.65. The molecule has 0 aromatic heterocycles. The molecule has 0 bridgehead atoms. The van der Waals surface area contributed by atoms with Crippen LogP contribution < -0.4 is 0 Å². The first-order valence-electron chi connectivity index (χ1n) is 8.07. The number of aryl methyl sites for hydroxylation is 6. The van der Waals surface area contributed by atoms with Crippen LogP contribution >= 0.6 is 0 Å². The van der Waals surface area contributed by atoms with Gasteiger partial charge >= 0.3 is 0 Å². The molecule has 0 radical (unpaired) electrons. The summed E-state index contributed by atoms with van der Waals surface area (Å²) in [6.07, 6.45) is 0. The molecule has 0 aliphatic rings. The number of hydrogen-bond acceptors (Lipinski definition) is 0. The molecular formula is C22H22. The fraction of sp³-hybridized carbons (Fsp3) is 0.273. The van der Waals surface area contributed by atoms with Gasteiger partial charge in [0.25, 0.3) is 0 Å². The highest BCUT2D eigenvalue weighted by atomic mass is 14.2. The Bertz CT molecular complexity index is 1060. The molecule has 0 nitrogen and oxygen atoms in total. The van der Waals surface area contributed by atoms with Crippen molar-refractivity contribution >= 4 is 32.3 Å². The van der Waals surface area contributed by atoms with Crippen molar-refractivity contribution in [2.24, 2.45) is 0 Å². The molecule has 0 aliphatic carbocycles. The Morgan fingerprint density at radius 3 is 1.91 bits per heavy atom. The van der Waals surface area contributed by atoms with E-state index in [1.165, 1.54) is 65.7 Å². The predicted octanol–water partition coefficient (Wildman–Crippen LogP) is 6.43. The molecule has 110 valence electrons. The van der Waals surface area contributed by atoms with Gasteiger partial charge in [-0.1, -0.05) is 24.3 Å². The second-order valence-electron chi connectivity index (χ2n) is 6.92. The second kappa shape index (κ2) is 4.23. The summed E-state index contributed by atoms with van der Waals surface area (Å²) in [5.74, 6) is 0. The average molecular weight is 286 g/mol. The number of rotatable bonds is 0. The Labute approximate surface area is 132 Å². The zero-order chi connectivity index (χ0) is 15.8. The standard InChI is InChI=1S/C22H22/c1-11-7-8-18-15(5)16(6)20-14(4)12(2)9-17-10-13(3)19(11)22(18)21(17)20/h7-10H,1-6H3. The lowest BCUT2D eigenvalue weighted by atomic mass is 9.83. The molecule has 0 atom stereocenters. The lowest BCUT2D eigenvalue weighted by Gasteiger charge is -2.21. The maximum absolute atomic E-state index is 2.37. The molecule has 0 saturated heterocycles. The molecule has 0 aliphatic heterocycles. The normalized spacial score (nSPS) is 12.1. The van der Waals surface area contributed by atoms with Crippen molar-refractivity contribution < 1.29 is 0 Å². The first-order chi connectivity index (χ1) is 10.4. The zero-order valence-electron chi connectivity index (χ0n) is 14.3. The number of hydrogen-bond donors (Lipinski definition) is 0. The largest absolute Gasteiger partial charge is 0.0581 e. The highest BCUT2D eigenvalue weighted by molar-refractivity contribution is 6.26. The summed E-state index contributed by atoms with van der Waals surface area (Å²) in [6.45, 7) is 13.6. The smallest absolute Gasteiger partial charge is 0.00185 e. The summed E-state index contributed by atoms with van der Waals surface area (Å²) < 4.78 is 0. The van der Waals surface area contributed by atoms with Crippen molar-refractivity contribution in [1.82, 2.24) is 0 Å². The van der Waals surface area contributed by atoms with Crippen molar-refractivity contribution in [1.29, 1.82) is 0 Å². The third kappa shape index (κ3) is 1.48. The van der Waals surface area contributed by atoms with Crippen LogP contribution in [-0.4, -0.2) is 0 Å². The molecule has 4 rings (SSSR count). The van der Waals surface area contributed by atoms with Crippen molar-refractivity contribution in [3.05, 3.63) is 57.6 Å². The van der Waals surface area contributed by atoms with Gasteiger partial charge in [0.2, 0.25) is 0 Å². The van der Waals surface area contributed by atoms with Crippen LogP contribution in [0, 0.1) is 41.5 Å². The van der Waals surface area contributed by atoms with Gasteiger partial charge in [-0.2, -0.15) is 0 Å². The first kappa shape index (κ1) is 13.6. The Hall–Kier alpha value is -2.08. The first-order valence-corrected chi connectivity index (χ1v) is 8.07. The molecule has 0 heterocycles. The van der Waals surface area contributed by atoms with Crippen LogP contribution in [0.1, 0.15) is 33.4 Å². The molecule has 0 heteroatoms. The summed E-state index contributed by atoms with van der Waals surface area (Å²) in [5.41, 5.74) is 8.47. The minimum atomic E-state index is 1.38. The molecule has 22 heavy (non-hydrogen) atoms. The van der Waals surface area contributed by atoms with Crippen LogP contribution in [0.5, 0.6) is 0 Å². The van der Waals surface area contributed by atoms with Crippen LogP contribution in [-0.2, 0) is 0 Å². The Morgan fingerprint density at radius 1 is 0.500 bits per heavy atom. The van der Waals surface area contributed by atoms with E-state index in [-0.39, 0.29) is 0 Å². The van der Waals surface area contributed by atoms with Crippen LogP contribution in [0.3, 0.4) is 0 Å². The van der Waals surface area contributed by atoms with Crippen molar-refractivity contribution in [2.75, 3.05) is 0 Å². The molecule has 0 N–H and O–H groups in total. The molecule has 0 fully saturated rings. The molecule has 0 saturated carbocycles. The summed E-state index contributed by atoms with van der Waals surface area (Å²) in [6, 6.07) is 9.33. The Morgan fingerprint density at radius 2 is 1.18 bits per heavy atom. The molecule has 0 amide bonds. The highest BCUT2D eigenvalue weighted by Gasteiger charge is 2.18. The Balaban J connectivity index is 2.53. The molecule has 4 aromatic carbocycles. The third-order valence-corrected chi connectivity index (χ3v) is 5.65. The van der Waals surface area contributed by atoms with Gasteiger partial charge in [0, 0.05) is 0 Å². The van der Waals surface area contributed by atoms with E-state index in [1.54, 1.807) is 0 Å². The van der Waals surface area contributed by atoms with Crippen molar-refractivity contribution in [3.8, 4) is 0 Å². The fourth-order valence-corrected chi connectivity index (χ4v) is 4.28. The molecule has 0 unspecified atom stereocenters. The van der Waals surface area contributed by atoms with Gasteiger partial charge in [-0.15, -0.1) is 0 Å². The van der Waals surface area contributed by atoms with Gasteiger partial charge in [0.15, 0.2) is 0 Å². The highest BCUT2D eigenvalue weighted by Crippen LogP contribution is 2.43. The van der Waals surface area contributed by atoms with E-state index in [9.17, 15) is 0 Å². The van der Waals surface area contributed by atoms with Gasteiger partial charge in [-0.05, 0) is 107 Å². The van der Waals surface area contributed by atoms with E-state index in [0.29, 0.717) is 0 Å². The minimum absolute atomic E-state index is 1.38. The molecule has 0 spiro atoms. The van der Waals surface area contributed by atoms with Gasteiger partial charge in [0.1, 0.15) is 0 Å². The second-order valence-corrected chi connectivity index (χ2v) is 6.92. The SMILES string of the molecule is Cc1cc2cc(C)c3c(C)ccc4c(C)c(C)c(c1C)c2c43. The summed E-state index contributed by atoms with van der Waals surface area (Å²) in [7, 11) is 0. The van der Waals surface area contributed by atoms with E-state index >= 15 is 0 Å². The topological polar surface area (TPSA) is 0 Å². The van der Waals surface area contributed by atoms with Crippen LogP contribution in [0.2, 0.25) is 0 Å². The lowest BCUT2D eigenvalue weighted by Crippen LogP contribution is -1.97. The zero-order valence-corrected chi connectivity index (χ0v) is 14.3. The monoisotopic (exact) mass is 286 g/mol. The van der Waals surface area contributed by atoms with Crippen molar-refractivity contribution in [2.45, 2.75) is 41.5 Å². The minimum Gasteiger partial charge on any atom is -0.0581 e. The predicted molar refractivity (Wildman–Crippen MR) is 98.6 cm³/mol. The summed E-state index contributed by atoms with van der Waals surface area (Å²) in [4.78, 5) is 0. The van der Waals surface area contributed by atoms with Crippen LogP contribution in [0.25, 0.3) is 32.3 Å². The maximum Gasteiger partial charge on any atom is -0.00185 e. The van der Waals surface area contributed by atoms with Gasteiger partial charge in [-0.25, -0.2) is 0 Å². The fourth-order valence-electron chi connectivity index (χ4n) is 4.28. The van der Waals surface area contributed by atoms with Gasteiger partial charge in [0.05, 0.1) is 0 Å². The van der Waals surface area contributed by atoms with Crippen LogP contribution in [0.15, 0.2) is 24.3 Å². The van der Waals surface area contributed by atoms with E-state index < -0.39 is 0 Å². The number of benzene rings is 4. The van der Waals surface area contributed by atoms with Crippen molar-refractivity contribution in [3.63, 3.8) is 0 Å². The van der Waals surface area contributed by atoms with E-state index in [2.05, 4.69) is 65.8 Å². The molecular weight excluding hydrogens is 264 g/mol. The summed E-state index contributed by atoms with van der Waals surface area (Å²) in [5, 5.41) is 8.66. The van der Waals surface area contributed by atoms with E-state index in [1.807, 2.05) is 0 Å². The molecule has 4 aromatic rings. The van der Waals surface area contributed by atoms with E-state index in [0.717, 1.165) is 0 Å². The summed E-state index contributed by atoms with van der Waals surface area (Å²) >= 11 is 0. The van der Waals surface area contributed by atoms with Gasteiger partial charge < -0.3 is 0 Å². The van der Waals surface area contributed by atoms with Gasteiger partial charge in [-0.3, -0.25) is 0 Å². The maximum atomic E-state index is 2.37. The Kier molecular flexibility index (Phi) is 2.61. The average Bonchev–Trinajstić information content (AvgIpc) is 2.47. The van der Waals surface area contributed by atoms with E-state index in [4.69, 9.17) is 0 Å². The lowest BCUT2D eigenvalue weighted by molar-refractivity contribution is 1.34. The quantitative estimate of drug-likeness (QED) is 0.326.